The third kappa shape index (κ3) is 5.34. The second kappa shape index (κ2) is 8.70. The highest BCUT2D eigenvalue weighted by Gasteiger charge is 2.20. The van der Waals surface area contributed by atoms with Gasteiger partial charge in [-0.1, -0.05) is 26.0 Å². The molecule has 0 radical (unpaired) electrons. The molecule has 0 fully saturated rings. The minimum atomic E-state index is 0.150. The second-order valence-electron chi connectivity index (χ2n) is 7.03. The number of benzene rings is 1. The molecule has 0 N–H and O–H groups in total. The summed E-state index contributed by atoms with van der Waals surface area (Å²) < 4.78 is 7.30. The van der Waals surface area contributed by atoms with E-state index in [1.54, 1.807) is 13.3 Å². The molecule has 1 amide bonds. The maximum atomic E-state index is 12.5. The zero-order chi connectivity index (χ0) is 18.4. The molecule has 136 valence electrons. The Hall–Kier alpha value is -2.30. The van der Waals surface area contributed by atoms with Gasteiger partial charge in [0.1, 0.15) is 11.6 Å². The van der Waals surface area contributed by atoms with Gasteiger partial charge in [0, 0.05) is 31.4 Å². The van der Waals surface area contributed by atoms with Crippen LogP contribution < -0.4 is 4.74 Å². The maximum Gasteiger partial charge on any atom is 0.223 e. The molecule has 0 aliphatic carbocycles. The molecule has 1 aromatic carbocycles. The van der Waals surface area contributed by atoms with E-state index in [-0.39, 0.29) is 11.9 Å². The van der Waals surface area contributed by atoms with Crippen LogP contribution in [-0.2, 0) is 17.9 Å². The van der Waals surface area contributed by atoms with Crippen LogP contribution >= 0.6 is 0 Å². The van der Waals surface area contributed by atoms with Crippen molar-refractivity contribution in [2.45, 2.75) is 53.2 Å². The van der Waals surface area contributed by atoms with Gasteiger partial charge in [0.15, 0.2) is 0 Å². The Morgan fingerprint density at radius 3 is 2.44 bits per heavy atom. The molecule has 0 unspecified atom stereocenters. The number of carbonyl (C=O) groups excluding carboxylic acids is 1. The van der Waals surface area contributed by atoms with E-state index in [1.807, 2.05) is 35.4 Å². The molecule has 1 heterocycles. The number of hydrogen-bond acceptors (Lipinski definition) is 3. The predicted octanol–water partition coefficient (Wildman–Crippen LogP) is 3.72. The minimum absolute atomic E-state index is 0.150. The van der Waals surface area contributed by atoms with Crippen molar-refractivity contribution in [1.29, 1.82) is 0 Å². The molecule has 0 aliphatic rings. The molecule has 2 rings (SSSR count). The van der Waals surface area contributed by atoms with Crippen molar-refractivity contribution in [3.05, 3.63) is 48.0 Å². The van der Waals surface area contributed by atoms with Gasteiger partial charge in [-0.2, -0.15) is 0 Å². The quantitative estimate of drug-likeness (QED) is 0.734. The molecular formula is C20H29N3O2. The zero-order valence-corrected chi connectivity index (χ0v) is 15.9. The monoisotopic (exact) mass is 343 g/mol. The molecule has 5 nitrogen and oxygen atoms in total. The van der Waals surface area contributed by atoms with Gasteiger partial charge < -0.3 is 14.2 Å². The number of nitrogens with zero attached hydrogens (tertiary/aromatic N) is 3. The molecule has 0 bridgehead atoms. The first-order chi connectivity index (χ1) is 11.9. The summed E-state index contributed by atoms with van der Waals surface area (Å²) in [6, 6.07) is 8.16. The van der Waals surface area contributed by atoms with Crippen molar-refractivity contribution in [1.82, 2.24) is 14.5 Å². The van der Waals surface area contributed by atoms with Crippen molar-refractivity contribution < 1.29 is 9.53 Å². The third-order valence-corrected chi connectivity index (χ3v) is 4.15. The van der Waals surface area contributed by atoms with Gasteiger partial charge in [0.25, 0.3) is 0 Å². The zero-order valence-electron chi connectivity index (χ0n) is 15.9. The van der Waals surface area contributed by atoms with Crippen LogP contribution in [-0.4, -0.2) is 33.5 Å². The molecule has 0 spiro atoms. The number of rotatable bonds is 8. The fraction of sp³-hybridized carbons (Fsp3) is 0.500. The Morgan fingerprint density at radius 2 is 1.88 bits per heavy atom. The fourth-order valence-corrected chi connectivity index (χ4v) is 2.74. The highest BCUT2D eigenvalue weighted by Crippen LogP contribution is 2.15. The topological polar surface area (TPSA) is 47.4 Å². The summed E-state index contributed by atoms with van der Waals surface area (Å²) in [5.74, 6) is 2.29. The summed E-state index contributed by atoms with van der Waals surface area (Å²) in [7, 11) is 1.66. The van der Waals surface area contributed by atoms with E-state index in [4.69, 9.17) is 4.74 Å². The van der Waals surface area contributed by atoms with Gasteiger partial charge in [0.05, 0.1) is 13.7 Å². The summed E-state index contributed by atoms with van der Waals surface area (Å²) in [6.45, 7) is 9.50. The standard InChI is InChI=1S/C20H29N3O2/c1-15(2)12-20(24)23(16(3)4)14-19-21-10-11-22(19)13-17-6-8-18(25-5)9-7-17/h6-11,15-16H,12-14H2,1-5H3. The lowest BCUT2D eigenvalue weighted by atomic mass is 10.1. The van der Waals surface area contributed by atoms with E-state index in [0.717, 1.165) is 18.1 Å². The van der Waals surface area contributed by atoms with Crippen LogP contribution in [0.1, 0.15) is 45.5 Å². The van der Waals surface area contributed by atoms with Crippen molar-refractivity contribution in [2.75, 3.05) is 7.11 Å². The average molecular weight is 343 g/mol. The van der Waals surface area contributed by atoms with Crippen LogP contribution in [0.4, 0.5) is 0 Å². The lowest BCUT2D eigenvalue weighted by Crippen LogP contribution is -2.37. The van der Waals surface area contributed by atoms with E-state index in [1.165, 1.54) is 5.56 Å². The highest BCUT2D eigenvalue weighted by atomic mass is 16.5. The van der Waals surface area contributed by atoms with E-state index >= 15 is 0 Å². The normalized spacial score (nSPS) is 11.2. The number of amides is 1. The predicted molar refractivity (Wildman–Crippen MR) is 99.5 cm³/mol. The summed E-state index contributed by atoms with van der Waals surface area (Å²) in [5, 5.41) is 0. The molecule has 2 aromatic rings. The van der Waals surface area contributed by atoms with E-state index < -0.39 is 0 Å². The smallest absolute Gasteiger partial charge is 0.223 e. The van der Waals surface area contributed by atoms with Crippen LogP contribution in [0.25, 0.3) is 0 Å². The van der Waals surface area contributed by atoms with Crippen LogP contribution in [0.15, 0.2) is 36.7 Å². The Morgan fingerprint density at radius 1 is 1.20 bits per heavy atom. The number of methoxy groups -OCH3 is 1. The van der Waals surface area contributed by atoms with Gasteiger partial charge in [0.2, 0.25) is 5.91 Å². The first-order valence-electron chi connectivity index (χ1n) is 8.83. The van der Waals surface area contributed by atoms with Crippen molar-refractivity contribution in [3.8, 4) is 5.75 Å². The number of aromatic nitrogens is 2. The average Bonchev–Trinajstić information content (AvgIpc) is 2.99. The van der Waals surface area contributed by atoms with Crippen LogP contribution in [0.2, 0.25) is 0 Å². The number of hydrogen-bond donors (Lipinski definition) is 0. The Bertz CT molecular complexity index is 675. The van der Waals surface area contributed by atoms with Gasteiger partial charge in [-0.05, 0) is 37.5 Å². The molecule has 0 aliphatic heterocycles. The van der Waals surface area contributed by atoms with E-state index in [0.29, 0.717) is 18.9 Å². The highest BCUT2D eigenvalue weighted by molar-refractivity contribution is 5.76. The molecule has 0 atom stereocenters. The van der Waals surface area contributed by atoms with E-state index in [9.17, 15) is 4.79 Å². The molecule has 5 heteroatoms. The fourth-order valence-electron chi connectivity index (χ4n) is 2.74. The van der Waals surface area contributed by atoms with Crippen LogP contribution in [0.3, 0.4) is 0 Å². The summed E-state index contributed by atoms with van der Waals surface area (Å²) in [6.07, 6.45) is 4.33. The van der Waals surface area contributed by atoms with Crippen molar-refractivity contribution >= 4 is 5.91 Å². The largest absolute Gasteiger partial charge is 0.497 e. The SMILES string of the molecule is COc1ccc(Cn2ccnc2CN(C(=O)CC(C)C)C(C)C)cc1. The van der Waals surface area contributed by atoms with Crippen molar-refractivity contribution in [2.24, 2.45) is 5.92 Å². The van der Waals surface area contributed by atoms with Crippen LogP contribution in [0, 0.1) is 5.92 Å². The van der Waals surface area contributed by atoms with Gasteiger partial charge in [-0.3, -0.25) is 4.79 Å². The number of carbonyl (C=O) groups is 1. The first-order valence-corrected chi connectivity index (χ1v) is 8.83. The lowest BCUT2D eigenvalue weighted by Gasteiger charge is -2.27. The summed E-state index contributed by atoms with van der Waals surface area (Å²) in [5.41, 5.74) is 1.17. The Labute approximate surface area is 150 Å². The van der Waals surface area contributed by atoms with E-state index in [2.05, 4.69) is 37.2 Å². The Kier molecular flexibility index (Phi) is 6.62. The minimum Gasteiger partial charge on any atom is -0.497 e. The maximum absolute atomic E-state index is 12.5. The molecular weight excluding hydrogens is 314 g/mol. The number of ether oxygens (including phenoxy) is 1. The third-order valence-electron chi connectivity index (χ3n) is 4.15. The van der Waals surface area contributed by atoms with Gasteiger partial charge in [-0.25, -0.2) is 4.98 Å². The molecule has 0 saturated carbocycles. The number of imidazole rings is 1. The lowest BCUT2D eigenvalue weighted by molar-refractivity contribution is -0.134. The van der Waals surface area contributed by atoms with Gasteiger partial charge in [-0.15, -0.1) is 0 Å². The van der Waals surface area contributed by atoms with Crippen LogP contribution in [0.5, 0.6) is 5.75 Å². The first kappa shape index (κ1) is 19.0. The molecule has 0 saturated heterocycles. The summed E-state index contributed by atoms with van der Waals surface area (Å²) in [4.78, 5) is 18.9. The Balaban J connectivity index is 2.11. The van der Waals surface area contributed by atoms with Crippen molar-refractivity contribution in [3.63, 3.8) is 0 Å². The summed E-state index contributed by atoms with van der Waals surface area (Å²) >= 11 is 0. The second-order valence-corrected chi connectivity index (χ2v) is 7.03. The molecule has 1 aromatic heterocycles. The molecule has 25 heavy (non-hydrogen) atoms. The van der Waals surface area contributed by atoms with Gasteiger partial charge >= 0.3 is 0 Å².